The first kappa shape index (κ1) is 24.0. The molecule has 0 radical (unpaired) electrons. The Balaban J connectivity index is 1.80. The van der Waals surface area contributed by atoms with Gasteiger partial charge in [0.2, 0.25) is 0 Å². The van der Waals surface area contributed by atoms with Gasteiger partial charge in [0, 0.05) is 33.9 Å². The number of amides is 4. The van der Waals surface area contributed by atoms with Crippen LogP contribution in [0.1, 0.15) is 51.2 Å². The van der Waals surface area contributed by atoms with E-state index >= 15 is 0 Å². The van der Waals surface area contributed by atoms with Gasteiger partial charge in [0.1, 0.15) is 11.3 Å². The molecule has 0 aromatic heterocycles. The lowest BCUT2D eigenvalue weighted by molar-refractivity contribution is -0.122. The smallest absolute Gasteiger partial charge is 0.335 e. The van der Waals surface area contributed by atoms with Crippen molar-refractivity contribution in [2.75, 3.05) is 23.5 Å². The van der Waals surface area contributed by atoms with Crippen molar-refractivity contribution in [2.24, 2.45) is 0 Å². The van der Waals surface area contributed by atoms with Gasteiger partial charge in [-0.1, -0.05) is 22.9 Å². The quantitative estimate of drug-likeness (QED) is 0.436. The first-order valence-electron chi connectivity index (χ1n) is 11.2. The van der Waals surface area contributed by atoms with Crippen LogP contribution in [-0.4, -0.2) is 37.0 Å². The van der Waals surface area contributed by atoms with Crippen molar-refractivity contribution in [3.8, 4) is 5.75 Å². The van der Waals surface area contributed by atoms with Crippen LogP contribution in [0.2, 0.25) is 0 Å². The number of urea groups is 1. The highest BCUT2D eigenvalue weighted by Crippen LogP contribution is 2.46. The maximum absolute atomic E-state index is 13.3. The van der Waals surface area contributed by atoms with Crippen LogP contribution in [0.3, 0.4) is 0 Å². The Kier molecular flexibility index (Phi) is 6.29. The molecule has 1 saturated heterocycles. The van der Waals surface area contributed by atoms with Crippen molar-refractivity contribution in [1.29, 1.82) is 0 Å². The minimum absolute atomic E-state index is 0.00305. The first-order valence-corrected chi connectivity index (χ1v) is 12.0. The number of fused-ring (bicyclic) bond motifs is 1. The molecule has 0 aliphatic carbocycles. The number of carbonyl (C=O) groups excluding carboxylic acids is 3. The van der Waals surface area contributed by atoms with Crippen molar-refractivity contribution in [3.05, 3.63) is 57.6 Å². The molecule has 2 aromatic rings. The van der Waals surface area contributed by atoms with E-state index in [1.165, 1.54) is 6.08 Å². The van der Waals surface area contributed by atoms with E-state index in [2.05, 4.69) is 53.8 Å². The molecular formula is C26H28BrN3O4. The maximum atomic E-state index is 13.3. The molecule has 0 bridgehead atoms. The number of benzene rings is 2. The zero-order valence-electron chi connectivity index (χ0n) is 19.9. The van der Waals surface area contributed by atoms with Crippen molar-refractivity contribution >= 4 is 51.2 Å². The fourth-order valence-corrected chi connectivity index (χ4v) is 5.32. The highest BCUT2D eigenvalue weighted by atomic mass is 79.9. The van der Waals surface area contributed by atoms with Crippen molar-refractivity contribution in [1.82, 2.24) is 5.32 Å². The van der Waals surface area contributed by atoms with Crippen LogP contribution in [0, 0.1) is 0 Å². The van der Waals surface area contributed by atoms with Crippen molar-refractivity contribution in [2.45, 2.75) is 45.6 Å². The molecule has 1 atom stereocenters. The summed E-state index contributed by atoms with van der Waals surface area (Å²) in [6.45, 7) is 9.63. The molecule has 178 valence electrons. The number of halogens is 1. The number of rotatable bonds is 4. The molecule has 1 fully saturated rings. The first-order chi connectivity index (χ1) is 16.1. The third-order valence-electron chi connectivity index (χ3n) is 6.54. The summed E-state index contributed by atoms with van der Waals surface area (Å²) in [6.07, 6.45) is 2.49. The molecule has 2 aromatic carbocycles. The average Bonchev–Trinajstić information content (AvgIpc) is 2.77. The molecule has 2 aliphatic heterocycles. The molecule has 0 saturated carbocycles. The van der Waals surface area contributed by atoms with E-state index in [0.29, 0.717) is 17.0 Å². The number of carbonyl (C=O) groups is 3. The molecule has 1 N–H and O–H groups in total. The molecule has 4 rings (SSSR count). The lowest BCUT2D eigenvalue weighted by Crippen LogP contribution is -2.54. The molecule has 0 spiro atoms. The van der Waals surface area contributed by atoms with Gasteiger partial charge >= 0.3 is 6.03 Å². The van der Waals surface area contributed by atoms with Gasteiger partial charge in [0.05, 0.1) is 12.8 Å². The second-order valence-electron chi connectivity index (χ2n) is 9.25. The fraction of sp³-hybridized carbons (Fsp3) is 0.346. The van der Waals surface area contributed by atoms with E-state index in [4.69, 9.17) is 4.74 Å². The Labute approximate surface area is 207 Å². The zero-order chi connectivity index (χ0) is 24.8. The average molecular weight is 526 g/mol. The minimum Gasteiger partial charge on any atom is -0.496 e. The van der Waals surface area contributed by atoms with E-state index in [-0.39, 0.29) is 17.0 Å². The van der Waals surface area contributed by atoms with Crippen LogP contribution in [0.25, 0.3) is 6.08 Å². The Bertz CT molecular complexity index is 1200. The third-order valence-corrected chi connectivity index (χ3v) is 7.07. The number of barbiturate groups is 1. The van der Waals surface area contributed by atoms with Crippen molar-refractivity contribution < 1.29 is 19.1 Å². The molecular weight excluding hydrogens is 498 g/mol. The summed E-state index contributed by atoms with van der Waals surface area (Å²) in [5.74, 6) is -0.567. The number of nitrogens with zero attached hydrogens (tertiary/aromatic N) is 2. The maximum Gasteiger partial charge on any atom is 0.335 e. The summed E-state index contributed by atoms with van der Waals surface area (Å²) < 4.78 is 6.48. The third kappa shape index (κ3) is 4.11. The van der Waals surface area contributed by atoms with Crippen LogP contribution in [0.5, 0.6) is 5.75 Å². The molecule has 7 nitrogen and oxygen atoms in total. The van der Waals surface area contributed by atoms with Gasteiger partial charge in [0.15, 0.2) is 0 Å². The van der Waals surface area contributed by atoms with Gasteiger partial charge in [-0.2, -0.15) is 0 Å². The number of ether oxygens (including phenoxy) is 1. The van der Waals surface area contributed by atoms with Gasteiger partial charge in [0.25, 0.3) is 11.8 Å². The summed E-state index contributed by atoms with van der Waals surface area (Å²) in [6, 6.07) is 9.92. The van der Waals surface area contributed by atoms with E-state index in [0.717, 1.165) is 33.6 Å². The zero-order valence-corrected chi connectivity index (χ0v) is 21.5. The summed E-state index contributed by atoms with van der Waals surface area (Å²) in [5.41, 5.74) is 3.09. The molecule has 2 heterocycles. The molecule has 4 amide bonds. The highest BCUT2D eigenvalue weighted by Gasteiger charge is 2.38. The van der Waals surface area contributed by atoms with Crippen LogP contribution < -0.4 is 19.9 Å². The SMILES string of the molecule is CCN1c2cc(OC)c(/C=C3/C(=O)NC(=O)N(c4ccc(Br)cc4)C3=O)cc2C(C)CC1(C)C. The number of methoxy groups -OCH3 is 1. The normalized spacial score (nSPS) is 20.9. The largest absolute Gasteiger partial charge is 0.496 e. The predicted molar refractivity (Wildman–Crippen MR) is 136 cm³/mol. The number of imide groups is 2. The number of hydrogen-bond acceptors (Lipinski definition) is 5. The Morgan fingerprint density at radius 3 is 2.47 bits per heavy atom. The van der Waals surface area contributed by atoms with E-state index < -0.39 is 17.8 Å². The molecule has 1 unspecified atom stereocenters. The fourth-order valence-electron chi connectivity index (χ4n) is 5.05. The predicted octanol–water partition coefficient (Wildman–Crippen LogP) is 5.24. The van der Waals surface area contributed by atoms with E-state index in [1.54, 1.807) is 31.4 Å². The summed E-state index contributed by atoms with van der Waals surface area (Å²) in [5, 5.41) is 2.28. The van der Waals surface area contributed by atoms with Gasteiger partial charge in [-0.05, 0) is 75.1 Å². The lowest BCUT2D eigenvalue weighted by atomic mass is 9.79. The standard InChI is InChI=1S/C26H28BrN3O4/c1-6-29-21-13-22(34-5)16(11-19(21)15(2)14-26(29,3)4)12-20-23(31)28-25(33)30(24(20)32)18-9-7-17(27)8-10-18/h7-13,15H,6,14H2,1-5H3,(H,28,31,33)/b20-12-. The molecule has 8 heteroatoms. The van der Waals surface area contributed by atoms with Crippen LogP contribution in [0.15, 0.2) is 46.4 Å². The summed E-state index contributed by atoms with van der Waals surface area (Å²) >= 11 is 3.35. The lowest BCUT2D eigenvalue weighted by Gasteiger charge is -2.47. The second kappa shape index (κ2) is 8.91. The van der Waals surface area contributed by atoms with Gasteiger partial charge < -0.3 is 9.64 Å². The number of hydrogen-bond donors (Lipinski definition) is 1. The topological polar surface area (TPSA) is 79.0 Å². The van der Waals surface area contributed by atoms with Crippen molar-refractivity contribution in [3.63, 3.8) is 0 Å². The Hall–Kier alpha value is -3.13. The summed E-state index contributed by atoms with van der Waals surface area (Å²) in [4.78, 5) is 41.8. The molecule has 34 heavy (non-hydrogen) atoms. The Morgan fingerprint density at radius 2 is 1.85 bits per heavy atom. The van der Waals surface area contributed by atoms with Crippen LogP contribution in [-0.2, 0) is 9.59 Å². The monoisotopic (exact) mass is 525 g/mol. The van der Waals surface area contributed by atoms with E-state index in [9.17, 15) is 14.4 Å². The van der Waals surface area contributed by atoms with Crippen LogP contribution >= 0.6 is 15.9 Å². The second-order valence-corrected chi connectivity index (χ2v) is 10.2. The summed E-state index contributed by atoms with van der Waals surface area (Å²) in [7, 11) is 1.57. The molecule has 2 aliphatic rings. The number of anilines is 2. The van der Waals surface area contributed by atoms with Crippen LogP contribution in [0.4, 0.5) is 16.2 Å². The minimum atomic E-state index is -0.777. The van der Waals surface area contributed by atoms with Gasteiger partial charge in [-0.25, -0.2) is 9.69 Å². The van der Waals surface area contributed by atoms with Gasteiger partial charge in [-0.15, -0.1) is 0 Å². The highest BCUT2D eigenvalue weighted by molar-refractivity contribution is 9.10. The Morgan fingerprint density at radius 1 is 1.18 bits per heavy atom. The van der Waals surface area contributed by atoms with E-state index in [1.807, 2.05) is 12.1 Å². The van der Waals surface area contributed by atoms with Gasteiger partial charge in [-0.3, -0.25) is 14.9 Å². The number of nitrogens with one attached hydrogen (secondary N) is 1.